The summed E-state index contributed by atoms with van der Waals surface area (Å²) >= 11 is 0. The Balaban J connectivity index is 2.58. The number of carboxylic acids is 1. The second-order valence-corrected chi connectivity index (χ2v) is 5.18. The fourth-order valence-corrected chi connectivity index (χ4v) is 1.50. The van der Waals surface area contributed by atoms with Crippen LogP contribution in [0.1, 0.15) is 26.5 Å². The number of aromatic nitrogens is 1. The summed E-state index contributed by atoms with van der Waals surface area (Å²) in [6.07, 6.45) is 1.68. The zero-order valence-corrected chi connectivity index (χ0v) is 12.1. The van der Waals surface area contributed by atoms with Crippen molar-refractivity contribution in [2.45, 2.75) is 27.3 Å². The van der Waals surface area contributed by atoms with Crippen molar-refractivity contribution in [2.75, 3.05) is 13.1 Å². The molecule has 6 heteroatoms. The average molecular weight is 279 g/mol. The minimum atomic E-state index is -0.986. The van der Waals surface area contributed by atoms with Gasteiger partial charge in [-0.25, -0.2) is 4.79 Å². The van der Waals surface area contributed by atoms with E-state index in [0.29, 0.717) is 13.1 Å². The first kappa shape index (κ1) is 15.9. The van der Waals surface area contributed by atoms with Gasteiger partial charge in [-0.15, -0.1) is 0 Å². The van der Waals surface area contributed by atoms with Gasteiger partial charge in [0, 0.05) is 19.3 Å². The first-order valence-corrected chi connectivity index (χ1v) is 6.53. The number of urea groups is 1. The minimum absolute atomic E-state index is 0.0832. The first-order valence-electron chi connectivity index (χ1n) is 6.53. The number of aliphatic carboxylic acids is 1. The summed E-state index contributed by atoms with van der Waals surface area (Å²) in [4.78, 5) is 28.8. The van der Waals surface area contributed by atoms with Gasteiger partial charge in [0.15, 0.2) is 0 Å². The number of pyridine rings is 1. The molecule has 1 aromatic rings. The highest BCUT2D eigenvalue weighted by Crippen LogP contribution is 2.13. The molecule has 0 fully saturated rings. The number of hydrogen-bond donors (Lipinski definition) is 2. The third-order valence-electron chi connectivity index (χ3n) is 3.01. The van der Waals surface area contributed by atoms with E-state index in [1.54, 1.807) is 24.9 Å². The van der Waals surface area contributed by atoms with Gasteiger partial charge in [-0.05, 0) is 32.9 Å². The van der Waals surface area contributed by atoms with Gasteiger partial charge in [0.1, 0.15) is 0 Å². The Morgan fingerprint density at radius 1 is 1.40 bits per heavy atom. The van der Waals surface area contributed by atoms with Crippen LogP contribution < -0.4 is 5.32 Å². The molecule has 20 heavy (non-hydrogen) atoms. The maximum atomic E-state index is 12.0. The number of carbonyl (C=O) groups excluding carboxylic acids is 1. The largest absolute Gasteiger partial charge is 0.481 e. The van der Waals surface area contributed by atoms with Gasteiger partial charge in [-0.2, -0.15) is 0 Å². The number of rotatable bonds is 6. The van der Waals surface area contributed by atoms with Gasteiger partial charge < -0.3 is 15.3 Å². The Morgan fingerprint density at radius 3 is 2.60 bits per heavy atom. The summed E-state index contributed by atoms with van der Waals surface area (Å²) in [5.74, 6) is -0.939. The summed E-state index contributed by atoms with van der Waals surface area (Å²) in [6, 6.07) is 5.24. The van der Waals surface area contributed by atoms with E-state index >= 15 is 0 Å². The van der Waals surface area contributed by atoms with E-state index in [2.05, 4.69) is 10.3 Å². The van der Waals surface area contributed by atoms with Crippen LogP contribution >= 0.6 is 0 Å². The van der Waals surface area contributed by atoms with E-state index in [0.717, 1.165) is 5.69 Å². The minimum Gasteiger partial charge on any atom is -0.481 e. The van der Waals surface area contributed by atoms with Crippen molar-refractivity contribution in [1.82, 2.24) is 15.2 Å². The highest BCUT2D eigenvalue weighted by atomic mass is 16.4. The van der Waals surface area contributed by atoms with Crippen molar-refractivity contribution >= 4 is 12.0 Å². The van der Waals surface area contributed by atoms with E-state index in [1.807, 2.05) is 25.1 Å². The Labute approximate surface area is 118 Å². The molecule has 1 aromatic heterocycles. The van der Waals surface area contributed by atoms with Gasteiger partial charge in [-0.3, -0.25) is 9.78 Å². The van der Waals surface area contributed by atoms with Gasteiger partial charge in [0.05, 0.1) is 17.7 Å². The van der Waals surface area contributed by atoms with Crippen LogP contribution in [0.2, 0.25) is 0 Å². The zero-order chi connectivity index (χ0) is 15.2. The quantitative estimate of drug-likeness (QED) is 0.830. The lowest BCUT2D eigenvalue weighted by atomic mass is 9.94. The molecule has 0 aliphatic carbocycles. The number of nitrogens with zero attached hydrogens (tertiary/aromatic N) is 2. The molecule has 0 spiro atoms. The SMILES string of the molecule is CCN(Cc1ccccn1)C(=O)NCC(C)(C)C(=O)O. The van der Waals surface area contributed by atoms with Crippen molar-refractivity contribution in [3.8, 4) is 0 Å². The molecule has 0 aliphatic heterocycles. The average Bonchev–Trinajstić information content (AvgIpc) is 2.43. The molecule has 0 saturated carbocycles. The molecule has 6 nitrogen and oxygen atoms in total. The van der Waals surface area contributed by atoms with Crippen LogP contribution in [0.4, 0.5) is 4.79 Å². The topological polar surface area (TPSA) is 82.5 Å². The normalized spacial score (nSPS) is 10.9. The molecule has 2 amide bonds. The molecule has 0 unspecified atom stereocenters. The molecule has 2 N–H and O–H groups in total. The Morgan fingerprint density at radius 2 is 2.10 bits per heavy atom. The third kappa shape index (κ3) is 4.53. The van der Waals surface area contributed by atoms with Gasteiger partial charge in [0.2, 0.25) is 0 Å². The Hall–Kier alpha value is -2.11. The van der Waals surface area contributed by atoms with Crippen LogP contribution in [0.25, 0.3) is 0 Å². The summed E-state index contributed by atoms with van der Waals surface area (Å²) in [7, 11) is 0. The lowest BCUT2D eigenvalue weighted by molar-refractivity contribution is -0.146. The summed E-state index contributed by atoms with van der Waals surface area (Å²) in [6.45, 7) is 6.02. The fourth-order valence-electron chi connectivity index (χ4n) is 1.50. The van der Waals surface area contributed by atoms with E-state index in [4.69, 9.17) is 5.11 Å². The lowest BCUT2D eigenvalue weighted by Gasteiger charge is -2.24. The standard InChI is InChI=1S/C14H21N3O3/c1-4-17(9-11-7-5-6-8-15-11)13(20)16-10-14(2,3)12(18)19/h5-8H,4,9-10H2,1-3H3,(H,16,20)(H,18,19). The predicted octanol–water partition coefficient (Wildman–Crippen LogP) is 1.72. The Bertz CT molecular complexity index is 460. The van der Waals surface area contributed by atoms with Crippen molar-refractivity contribution in [2.24, 2.45) is 5.41 Å². The van der Waals surface area contributed by atoms with Gasteiger partial charge in [-0.1, -0.05) is 6.07 Å². The molecule has 0 aliphatic rings. The highest BCUT2D eigenvalue weighted by Gasteiger charge is 2.28. The molecule has 0 aromatic carbocycles. The molecule has 1 rings (SSSR count). The maximum Gasteiger partial charge on any atom is 0.317 e. The third-order valence-corrected chi connectivity index (χ3v) is 3.01. The molecule has 110 valence electrons. The summed E-state index contributed by atoms with van der Waals surface area (Å²) in [5, 5.41) is 11.7. The number of nitrogens with one attached hydrogen (secondary N) is 1. The van der Waals surface area contributed by atoms with Gasteiger partial charge in [0.25, 0.3) is 0 Å². The predicted molar refractivity (Wildman–Crippen MR) is 75.1 cm³/mol. The number of hydrogen-bond acceptors (Lipinski definition) is 3. The van der Waals surface area contributed by atoms with Crippen LogP contribution in [0.3, 0.4) is 0 Å². The molecule has 1 heterocycles. The first-order chi connectivity index (χ1) is 9.36. The smallest absolute Gasteiger partial charge is 0.317 e. The number of carbonyl (C=O) groups is 2. The molecular weight excluding hydrogens is 258 g/mol. The summed E-state index contributed by atoms with van der Waals surface area (Å²) in [5.41, 5.74) is -0.193. The lowest BCUT2D eigenvalue weighted by Crippen LogP contribution is -2.45. The maximum absolute atomic E-state index is 12.0. The number of amides is 2. The second kappa shape index (κ2) is 6.88. The van der Waals surface area contributed by atoms with Crippen molar-refractivity contribution in [3.63, 3.8) is 0 Å². The van der Waals surface area contributed by atoms with E-state index in [-0.39, 0.29) is 12.6 Å². The van der Waals surface area contributed by atoms with Gasteiger partial charge >= 0.3 is 12.0 Å². The van der Waals surface area contributed by atoms with Crippen LogP contribution in [0, 0.1) is 5.41 Å². The fraction of sp³-hybridized carbons (Fsp3) is 0.500. The van der Waals surface area contributed by atoms with E-state index < -0.39 is 11.4 Å². The van der Waals surface area contributed by atoms with E-state index in [1.165, 1.54) is 0 Å². The molecular formula is C14H21N3O3. The number of carboxylic acid groups (broad SMARTS) is 1. The zero-order valence-electron chi connectivity index (χ0n) is 12.1. The van der Waals surface area contributed by atoms with Crippen molar-refractivity contribution in [3.05, 3.63) is 30.1 Å². The van der Waals surface area contributed by atoms with Crippen LogP contribution in [-0.2, 0) is 11.3 Å². The molecule has 0 saturated heterocycles. The molecule has 0 radical (unpaired) electrons. The molecule has 0 bridgehead atoms. The van der Waals surface area contributed by atoms with E-state index in [9.17, 15) is 9.59 Å². The molecule has 0 atom stereocenters. The summed E-state index contributed by atoms with van der Waals surface area (Å²) < 4.78 is 0. The van der Waals surface area contributed by atoms with Crippen LogP contribution in [-0.4, -0.2) is 40.1 Å². The highest BCUT2D eigenvalue weighted by molar-refractivity contribution is 5.77. The van der Waals surface area contributed by atoms with Crippen LogP contribution in [0.5, 0.6) is 0 Å². The monoisotopic (exact) mass is 279 g/mol. The second-order valence-electron chi connectivity index (χ2n) is 5.18. The van der Waals surface area contributed by atoms with Crippen molar-refractivity contribution < 1.29 is 14.7 Å². The van der Waals surface area contributed by atoms with Crippen molar-refractivity contribution in [1.29, 1.82) is 0 Å². The van der Waals surface area contributed by atoms with Crippen LogP contribution in [0.15, 0.2) is 24.4 Å². The Kier molecular flexibility index (Phi) is 5.49.